The number of hydrogen-bond donors (Lipinski definition) is 0. The van der Waals surface area contributed by atoms with E-state index in [-0.39, 0.29) is 11.7 Å². The molecule has 0 amide bonds. The van der Waals surface area contributed by atoms with Crippen molar-refractivity contribution in [1.82, 2.24) is 0 Å². The van der Waals surface area contributed by atoms with Gasteiger partial charge >= 0.3 is 5.97 Å². The molecule has 0 heterocycles. The first-order valence-corrected chi connectivity index (χ1v) is 11.4. The predicted molar refractivity (Wildman–Crippen MR) is 128 cm³/mol. The summed E-state index contributed by atoms with van der Waals surface area (Å²) in [4.78, 5) is 23.8. The van der Waals surface area contributed by atoms with E-state index < -0.39 is 4.92 Å². The largest absolute Gasteiger partial charge is 0.464 e. The number of azo groups is 1. The van der Waals surface area contributed by atoms with Crippen molar-refractivity contribution in [2.24, 2.45) is 10.2 Å². The van der Waals surface area contributed by atoms with Crippen LogP contribution in [-0.4, -0.2) is 30.6 Å². The van der Waals surface area contributed by atoms with Crippen LogP contribution in [0.5, 0.6) is 0 Å². The second-order valence-electron chi connectivity index (χ2n) is 6.87. The molecule has 0 aliphatic heterocycles. The van der Waals surface area contributed by atoms with E-state index in [1.165, 1.54) is 19.1 Å². The van der Waals surface area contributed by atoms with Crippen molar-refractivity contribution in [3.8, 4) is 0 Å². The van der Waals surface area contributed by atoms with Gasteiger partial charge in [-0.2, -0.15) is 5.11 Å². The molecule has 166 valence electrons. The Hall–Kier alpha value is -2.33. The Kier molecular flexibility index (Phi) is 9.57. The lowest BCUT2D eigenvalue weighted by Gasteiger charge is -2.25. The molecule has 0 atom stereocenters. The molecule has 0 fully saturated rings. The summed E-state index contributed by atoms with van der Waals surface area (Å²) in [5.41, 5.74) is 3.08. The van der Waals surface area contributed by atoms with Crippen molar-refractivity contribution in [3.05, 3.63) is 55.0 Å². The van der Waals surface area contributed by atoms with Crippen LogP contribution in [0.4, 0.5) is 22.7 Å². The van der Waals surface area contributed by atoms with Crippen molar-refractivity contribution >= 4 is 60.6 Å². The summed E-state index contributed by atoms with van der Waals surface area (Å²) in [6.07, 6.45) is 2.09. The van der Waals surface area contributed by atoms with Gasteiger partial charge in [0.1, 0.15) is 12.3 Å². The van der Waals surface area contributed by atoms with E-state index in [1.807, 2.05) is 25.1 Å². The number of non-ortho nitro benzene ring substituents is 1. The summed E-state index contributed by atoms with van der Waals surface area (Å²) in [5.74, 6) is -0.286. The Bertz CT molecular complexity index is 959. The number of rotatable bonds is 10. The van der Waals surface area contributed by atoms with Crippen LogP contribution in [-0.2, 0) is 9.53 Å². The van der Waals surface area contributed by atoms with Crippen molar-refractivity contribution in [3.63, 3.8) is 0 Å². The molecule has 0 saturated heterocycles. The second kappa shape index (κ2) is 11.9. The monoisotopic (exact) mass is 554 g/mol. The number of benzene rings is 2. The van der Waals surface area contributed by atoms with E-state index in [0.29, 0.717) is 33.5 Å². The van der Waals surface area contributed by atoms with Gasteiger partial charge < -0.3 is 9.64 Å². The lowest BCUT2D eigenvalue weighted by Crippen LogP contribution is -2.29. The molecule has 10 heteroatoms. The molecule has 31 heavy (non-hydrogen) atoms. The zero-order valence-electron chi connectivity index (χ0n) is 17.6. The van der Waals surface area contributed by atoms with Gasteiger partial charge in [-0.25, -0.2) is 0 Å². The van der Waals surface area contributed by atoms with Crippen LogP contribution in [0.2, 0.25) is 0 Å². The van der Waals surface area contributed by atoms with E-state index in [9.17, 15) is 14.9 Å². The minimum atomic E-state index is -0.467. The van der Waals surface area contributed by atoms with Crippen LogP contribution in [0.25, 0.3) is 0 Å². The van der Waals surface area contributed by atoms with Gasteiger partial charge in [0.15, 0.2) is 0 Å². The first kappa shape index (κ1) is 24.9. The van der Waals surface area contributed by atoms with E-state index in [2.05, 4.69) is 53.9 Å². The maximum absolute atomic E-state index is 11.1. The Labute approximate surface area is 198 Å². The van der Waals surface area contributed by atoms with Crippen LogP contribution < -0.4 is 4.90 Å². The third-order valence-corrected chi connectivity index (χ3v) is 5.67. The summed E-state index contributed by atoms with van der Waals surface area (Å²) in [6, 6.07) is 8.65. The number of nitro groups is 1. The first-order chi connectivity index (χ1) is 14.7. The average molecular weight is 556 g/mol. The summed E-state index contributed by atoms with van der Waals surface area (Å²) in [5, 5.41) is 19.6. The number of unbranched alkanes of at least 4 members (excludes halogenated alkanes) is 1. The highest BCUT2D eigenvalue weighted by molar-refractivity contribution is 9.11. The zero-order chi connectivity index (χ0) is 23.0. The number of esters is 1. The number of nitrogens with zero attached hydrogens (tertiary/aromatic N) is 4. The quantitative estimate of drug-likeness (QED) is 0.136. The third-order valence-electron chi connectivity index (χ3n) is 4.46. The smallest absolute Gasteiger partial charge is 0.302 e. The van der Waals surface area contributed by atoms with Gasteiger partial charge in [0.05, 0.1) is 26.1 Å². The molecule has 2 rings (SSSR count). The fourth-order valence-electron chi connectivity index (χ4n) is 2.82. The average Bonchev–Trinajstić information content (AvgIpc) is 2.70. The molecule has 0 N–H and O–H groups in total. The Balaban J connectivity index is 2.22. The van der Waals surface area contributed by atoms with Gasteiger partial charge in [-0.05, 0) is 69.0 Å². The molecule has 0 saturated carbocycles. The van der Waals surface area contributed by atoms with E-state index in [0.717, 1.165) is 30.6 Å². The molecule has 2 aromatic rings. The molecule has 0 radical (unpaired) electrons. The first-order valence-electron chi connectivity index (χ1n) is 9.77. The summed E-state index contributed by atoms with van der Waals surface area (Å²) in [6.45, 7) is 7.29. The number of ether oxygens (including phenoxy) is 1. The fourth-order valence-corrected chi connectivity index (χ4v) is 4.14. The van der Waals surface area contributed by atoms with E-state index in [1.54, 1.807) is 0 Å². The van der Waals surface area contributed by atoms with Gasteiger partial charge in [-0.3, -0.25) is 14.9 Å². The predicted octanol–water partition coefficient (Wildman–Crippen LogP) is 7.01. The van der Waals surface area contributed by atoms with Crippen molar-refractivity contribution in [2.75, 3.05) is 24.6 Å². The minimum absolute atomic E-state index is 0.0424. The number of anilines is 1. The molecule has 0 aliphatic rings. The van der Waals surface area contributed by atoms with Crippen LogP contribution in [0.3, 0.4) is 0 Å². The molecule has 0 bridgehead atoms. The van der Waals surface area contributed by atoms with Gasteiger partial charge in [0.2, 0.25) is 0 Å². The standard InChI is InChI=1S/C21H24Br2N4O4/c1-4-5-8-26(9-10-31-15(3)28)16-6-7-20(14(2)11-16)24-25-21-18(22)12-17(27(29)30)13-19(21)23/h6-7,11-13H,4-5,8-10H2,1-3H3. The Morgan fingerprint density at radius 2 is 1.84 bits per heavy atom. The van der Waals surface area contributed by atoms with Crippen LogP contribution in [0, 0.1) is 17.0 Å². The Morgan fingerprint density at radius 1 is 1.16 bits per heavy atom. The number of carbonyl (C=O) groups excluding carboxylic acids is 1. The second-order valence-corrected chi connectivity index (χ2v) is 8.58. The lowest BCUT2D eigenvalue weighted by atomic mass is 10.1. The number of hydrogen-bond acceptors (Lipinski definition) is 7. The molecule has 0 aromatic heterocycles. The van der Waals surface area contributed by atoms with Crippen molar-refractivity contribution in [1.29, 1.82) is 0 Å². The van der Waals surface area contributed by atoms with Gasteiger partial charge in [-0.15, -0.1) is 5.11 Å². The molecule has 0 spiro atoms. The fraction of sp³-hybridized carbons (Fsp3) is 0.381. The molecule has 8 nitrogen and oxygen atoms in total. The van der Waals surface area contributed by atoms with Crippen molar-refractivity contribution < 1.29 is 14.5 Å². The van der Waals surface area contributed by atoms with Crippen LogP contribution >= 0.6 is 31.9 Å². The summed E-state index contributed by atoms with van der Waals surface area (Å²) in [7, 11) is 0. The molecule has 0 aliphatic carbocycles. The summed E-state index contributed by atoms with van der Waals surface area (Å²) >= 11 is 6.63. The SMILES string of the molecule is CCCCN(CCOC(C)=O)c1ccc(N=Nc2c(Br)cc([N+](=O)[O-])cc2Br)c(C)c1. The molecule has 2 aromatic carbocycles. The lowest BCUT2D eigenvalue weighted by molar-refractivity contribution is -0.385. The normalized spacial score (nSPS) is 11.0. The highest BCUT2D eigenvalue weighted by Crippen LogP contribution is 2.38. The molecular weight excluding hydrogens is 532 g/mol. The summed E-state index contributed by atoms with van der Waals surface area (Å²) < 4.78 is 6.05. The van der Waals surface area contributed by atoms with Gasteiger partial charge in [0.25, 0.3) is 5.69 Å². The number of halogens is 2. The number of nitro benzene ring substituents is 1. The minimum Gasteiger partial charge on any atom is -0.464 e. The maximum Gasteiger partial charge on any atom is 0.302 e. The Morgan fingerprint density at radius 3 is 2.39 bits per heavy atom. The molecule has 0 unspecified atom stereocenters. The topological polar surface area (TPSA) is 97.4 Å². The zero-order valence-corrected chi connectivity index (χ0v) is 20.8. The highest BCUT2D eigenvalue weighted by atomic mass is 79.9. The molecular formula is C21H24Br2N4O4. The van der Waals surface area contributed by atoms with Crippen LogP contribution in [0.15, 0.2) is 49.5 Å². The van der Waals surface area contributed by atoms with E-state index >= 15 is 0 Å². The maximum atomic E-state index is 11.1. The van der Waals surface area contributed by atoms with E-state index in [4.69, 9.17) is 4.74 Å². The number of carbonyl (C=O) groups is 1. The third kappa shape index (κ3) is 7.39. The number of aryl methyl sites for hydroxylation is 1. The highest BCUT2D eigenvalue weighted by Gasteiger charge is 2.14. The van der Waals surface area contributed by atoms with Gasteiger partial charge in [0, 0.05) is 31.3 Å². The van der Waals surface area contributed by atoms with Gasteiger partial charge in [-0.1, -0.05) is 13.3 Å². The van der Waals surface area contributed by atoms with Crippen LogP contribution in [0.1, 0.15) is 32.3 Å². The van der Waals surface area contributed by atoms with Crippen molar-refractivity contribution in [2.45, 2.75) is 33.6 Å².